The zero-order chi connectivity index (χ0) is 21.6. The molecule has 0 aromatic heterocycles. The lowest BCUT2D eigenvalue weighted by Gasteiger charge is -2.29. The van der Waals surface area contributed by atoms with E-state index in [1.165, 1.54) is 22.5 Å². The standard InChI is InChI=1S/C22H27ClN2O4S/c1-17-9-12-25(13-10-17)30(27,28)19-7-8-21(23)20(15-19)22(26)24-11-14-29-16-18-5-3-2-4-6-18/h2-8,15,17H,9-14,16H2,1H3,(H,24,26). The van der Waals surface area contributed by atoms with E-state index in [9.17, 15) is 13.2 Å². The van der Waals surface area contributed by atoms with Crippen LogP contribution in [0.15, 0.2) is 53.4 Å². The second kappa shape index (κ2) is 10.4. The highest BCUT2D eigenvalue weighted by Crippen LogP contribution is 2.26. The first-order chi connectivity index (χ1) is 14.4. The van der Waals surface area contributed by atoms with Gasteiger partial charge in [0.25, 0.3) is 5.91 Å². The number of carbonyl (C=O) groups is 1. The van der Waals surface area contributed by atoms with Crippen molar-refractivity contribution in [3.05, 3.63) is 64.7 Å². The van der Waals surface area contributed by atoms with Crippen molar-refractivity contribution in [2.24, 2.45) is 5.92 Å². The Hall–Kier alpha value is -1.93. The summed E-state index contributed by atoms with van der Waals surface area (Å²) in [5, 5.41) is 2.95. The molecule has 30 heavy (non-hydrogen) atoms. The number of amides is 1. The molecule has 2 aromatic rings. The van der Waals surface area contributed by atoms with E-state index in [1.54, 1.807) is 0 Å². The summed E-state index contributed by atoms with van der Waals surface area (Å²) >= 11 is 6.17. The average Bonchev–Trinajstić information content (AvgIpc) is 2.74. The molecule has 1 N–H and O–H groups in total. The Bertz CT molecular complexity index is 958. The number of hydrogen-bond acceptors (Lipinski definition) is 4. The second-order valence-electron chi connectivity index (χ2n) is 7.52. The van der Waals surface area contributed by atoms with Crippen LogP contribution in [0.25, 0.3) is 0 Å². The van der Waals surface area contributed by atoms with Gasteiger partial charge in [-0.15, -0.1) is 0 Å². The van der Waals surface area contributed by atoms with Crippen LogP contribution in [0.2, 0.25) is 5.02 Å². The molecule has 3 rings (SSSR count). The van der Waals surface area contributed by atoms with E-state index in [0.717, 1.165) is 18.4 Å². The molecule has 2 aromatic carbocycles. The molecule has 0 unspecified atom stereocenters. The van der Waals surface area contributed by atoms with Crippen LogP contribution in [0.5, 0.6) is 0 Å². The molecule has 1 fully saturated rings. The number of hydrogen-bond donors (Lipinski definition) is 1. The number of halogens is 1. The number of sulfonamides is 1. The molecule has 0 saturated carbocycles. The minimum atomic E-state index is -3.65. The summed E-state index contributed by atoms with van der Waals surface area (Å²) in [5.74, 6) is 0.0970. The lowest BCUT2D eigenvalue weighted by atomic mass is 10.0. The first kappa shape index (κ1) is 22.7. The molecule has 0 aliphatic carbocycles. The van der Waals surface area contributed by atoms with Gasteiger partial charge in [-0.05, 0) is 42.5 Å². The fraction of sp³-hybridized carbons (Fsp3) is 0.409. The second-order valence-corrected chi connectivity index (χ2v) is 9.87. The summed E-state index contributed by atoms with van der Waals surface area (Å²) in [6.45, 7) is 4.20. The van der Waals surface area contributed by atoms with Crippen LogP contribution in [0.3, 0.4) is 0 Å². The third-order valence-corrected chi connectivity index (χ3v) is 7.43. The van der Waals surface area contributed by atoms with Crippen molar-refractivity contribution in [3.63, 3.8) is 0 Å². The van der Waals surface area contributed by atoms with Gasteiger partial charge < -0.3 is 10.1 Å². The van der Waals surface area contributed by atoms with E-state index < -0.39 is 15.9 Å². The Balaban J connectivity index is 1.58. The quantitative estimate of drug-likeness (QED) is 0.622. The number of rotatable bonds is 8. The molecule has 162 valence electrons. The van der Waals surface area contributed by atoms with Gasteiger partial charge in [-0.2, -0.15) is 4.31 Å². The van der Waals surface area contributed by atoms with Gasteiger partial charge in [-0.3, -0.25) is 4.79 Å². The van der Waals surface area contributed by atoms with Crippen molar-refractivity contribution in [1.82, 2.24) is 9.62 Å². The van der Waals surface area contributed by atoms with E-state index in [2.05, 4.69) is 12.2 Å². The number of piperidine rings is 1. The summed E-state index contributed by atoms with van der Waals surface area (Å²) in [4.78, 5) is 12.6. The van der Waals surface area contributed by atoms with Crippen molar-refractivity contribution in [3.8, 4) is 0 Å². The molecule has 1 amide bonds. The van der Waals surface area contributed by atoms with E-state index in [0.29, 0.717) is 38.8 Å². The van der Waals surface area contributed by atoms with Gasteiger partial charge in [0.1, 0.15) is 0 Å². The molecule has 1 heterocycles. The van der Waals surface area contributed by atoms with Crippen molar-refractivity contribution in [2.75, 3.05) is 26.2 Å². The van der Waals surface area contributed by atoms with Gasteiger partial charge >= 0.3 is 0 Å². The monoisotopic (exact) mass is 450 g/mol. The van der Waals surface area contributed by atoms with E-state index >= 15 is 0 Å². The predicted molar refractivity (Wildman–Crippen MR) is 117 cm³/mol. The molecule has 0 radical (unpaired) electrons. The molecule has 1 aliphatic rings. The molecular weight excluding hydrogens is 424 g/mol. The molecule has 0 spiro atoms. The van der Waals surface area contributed by atoms with Crippen LogP contribution in [-0.2, 0) is 21.4 Å². The number of ether oxygens (including phenoxy) is 1. The van der Waals surface area contributed by atoms with Crippen molar-refractivity contribution in [2.45, 2.75) is 31.3 Å². The highest BCUT2D eigenvalue weighted by Gasteiger charge is 2.29. The van der Waals surface area contributed by atoms with Crippen LogP contribution in [-0.4, -0.2) is 44.9 Å². The minimum Gasteiger partial charge on any atom is -0.375 e. The lowest BCUT2D eigenvalue weighted by molar-refractivity contribution is 0.0901. The van der Waals surface area contributed by atoms with Crippen LogP contribution < -0.4 is 5.32 Å². The third-order valence-electron chi connectivity index (χ3n) is 5.21. The Labute approximate surface area is 183 Å². The highest BCUT2D eigenvalue weighted by molar-refractivity contribution is 7.89. The topological polar surface area (TPSA) is 75.7 Å². The maximum absolute atomic E-state index is 12.9. The SMILES string of the molecule is CC1CCN(S(=O)(=O)c2ccc(Cl)c(C(=O)NCCOCc3ccccc3)c2)CC1. The Kier molecular flexibility index (Phi) is 7.88. The molecule has 1 aliphatic heterocycles. The minimum absolute atomic E-state index is 0.0898. The molecular formula is C22H27ClN2O4S. The Morgan fingerprint density at radius 1 is 1.17 bits per heavy atom. The molecule has 0 atom stereocenters. The largest absolute Gasteiger partial charge is 0.375 e. The summed E-state index contributed by atoms with van der Waals surface area (Å²) in [6.07, 6.45) is 1.67. The smallest absolute Gasteiger partial charge is 0.252 e. The summed E-state index contributed by atoms with van der Waals surface area (Å²) in [7, 11) is -3.65. The van der Waals surface area contributed by atoms with E-state index in [1.807, 2.05) is 30.3 Å². The molecule has 8 heteroatoms. The average molecular weight is 451 g/mol. The maximum atomic E-state index is 12.9. The van der Waals surface area contributed by atoms with Crippen LogP contribution >= 0.6 is 11.6 Å². The van der Waals surface area contributed by atoms with E-state index in [4.69, 9.17) is 16.3 Å². The Morgan fingerprint density at radius 2 is 1.87 bits per heavy atom. The fourth-order valence-electron chi connectivity index (χ4n) is 3.31. The third kappa shape index (κ3) is 5.82. The summed E-state index contributed by atoms with van der Waals surface area (Å²) in [5.41, 5.74) is 1.20. The van der Waals surface area contributed by atoms with Crippen LogP contribution in [0.1, 0.15) is 35.7 Å². The molecule has 6 nitrogen and oxygen atoms in total. The normalized spacial score (nSPS) is 15.8. The first-order valence-corrected chi connectivity index (χ1v) is 11.9. The Morgan fingerprint density at radius 3 is 2.57 bits per heavy atom. The van der Waals surface area contributed by atoms with Crippen molar-refractivity contribution >= 4 is 27.5 Å². The van der Waals surface area contributed by atoms with Gasteiger partial charge in [0.2, 0.25) is 10.0 Å². The predicted octanol–water partition coefficient (Wildman–Crippen LogP) is 3.71. The van der Waals surface area contributed by atoms with E-state index in [-0.39, 0.29) is 15.5 Å². The first-order valence-electron chi connectivity index (χ1n) is 10.1. The number of carbonyl (C=O) groups excluding carboxylic acids is 1. The fourth-order valence-corrected chi connectivity index (χ4v) is 5.01. The van der Waals surface area contributed by atoms with Crippen LogP contribution in [0.4, 0.5) is 0 Å². The number of benzene rings is 2. The number of nitrogens with one attached hydrogen (secondary N) is 1. The number of nitrogens with zero attached hydrogens (tertiary/aromatic N) is 1. The van der Waals surface area contributed by atoms with Gasteiger partial charge in [0, 0.05) is 19.6 Å². The molecule has 0 bridgehead atoms. The van der Waals surface area contributed by atoms with Crippen molar-refractivity contribution in [1.29, 1.82) is 0 Å². The highest BCUT2D eigenvalue weighted by atomic mass is 35.5. The van der Waals surface area contributed by atoms with Crippen molar-refractivity contribution < 1.29 is 17.9 Å². The lowest BCUT2D eigenvalue weighted by Crippen LogP contribution is -2.38. The summed E-state index contributed by atoms with van der Waals surface area (Å²) < 4.78 is 32.9. The maximum Gasteiger partial charge on any atom is 0.252 e. The van der Waals surface area contributed by atoms with Gasteiger partial charge in [0.15, 0.2) is 0 Å². The van der Waals surface area contributed by atoms with Gasteiger partial charge in [-0.1, -0.05) is 48.9 Å². The van der Waals surface area contributed by atoms with Gasteiger partial charge in [-0.25, -0.2) is 8.42 Å². The zero-order valence-electron chi connectivity index (χ0n) is 17.0. The zero-order valence-corrected chi connectivity index (χ0v) is 18.6. The van der Waals surface area contributed by atoms with Gasteiger partial charge in [0.05, 0.1) is 28.7 Å². The summed E-state index contributed by atoms with van der Waals surface area (Å²) in [6, 6.07) is 14.0. The molecule has 1 saturated heterocycles. The van der Waals surface area contributed by atoms with Crippen LogP contribution in [0, 0.1) is 5.92 Å².